The molecule has 1 aliphatic heterocycles. The molecule has 3 rings (SSSR count). The van der Waals surface area contributed by atoms with Gasteiger partial charge < -0.3 is 9.64 Å². The van der Waals surface area contributed by atoms with E-state index in [1.54, 1.807) is 20.8 Å². The van der Waals surface area contributed by atoms with Crippen molar-refractivity contribution in [3.8, 4) is 11.1 Å². The number of hydrogen-bond acceptors (Lipinski definition) is 4. The third-order valence-corrected chi connectivity index (χ3v) is 4.53. The van der Waals surface area contributed by atoms with Gasteiger partial charge in [-0.25, -0.2) is 4.79 Å². The van der Waals surface area contributed by atoms with Crippen LogP contribution in [0.1, 0.15) is 33.4 Å². The van der Waals surface area contributed by atoms with E-state index in [2.05, 4.69) is 10.2 Å². The third-order valence-electron chi connectivity index (χ3n) is 4.53. The van der Waals surface area contributed by atoms with Gasteiger partial charge in [-0.1, -0.05) is 6.07 Å². The Kier molecular flexibility index (Phi) is 5.29. The number of nitrogens with zero attached hydrogens (tertiary/aromatic N) is 3. The molecule has 2 heterocycles. The highest BCUT2D eigenvalue weighted by atomic mass is 19.4. The molecule has 1 aliphatic rings. The van der Waals surface area contributed by atoms with Crippen LogP contribution in [0.25, 0.3) is 11.1 Å². The fraction of sp³-hybridized carbons (Fsp3) is 0.421. The van der Waals surface area contributed by atoms with Crippen LogP contribution in [0, 0.1) is 0 Å². The molecule has 7 nitrogen and oxygen atoms in total. The Morgan fingerprint density at radius 2 is 1.97 bits per heavy atom. The molecule has 0 saturated carbocycles. The van der Waals surface area contributed by atoms with E-state index in [1.807, 2.05) is 0 Å². The molecule has 0 aliphatic carbocycles. The molecule has 2 aromatic rings. The lowest BCUT2D eigenvalue weighted by atomic mass is 10.0. The molecule has 0 unspecified atom stereocenters. The van der Waals surface area contributed by atoms with Crippen molar-refractivity contribution in [2.75, 3.05) is 16.3 Å². The molecule has 0 radical (unpaired) electrons. The second-order valence-corrected chi connectivity index (χ2v) is 7.13. The zero-order valence-electron chi connectivity index (χ0n) is 16.4. The van der Waals surface area contributed by atoms with Crippen molar-refractivity contribution in [2.45, 2.75) is 46.0 Å². The van der Waals surface area contributed by atoms with E-state index in [0.29, 0.717) is 11.4 Å². The number of halogens is 3. The Labute approximate surface area is 165 Å². The highest BCUT2D eigenvalue weighted by Gasteiger charge is 2.38. The largest absolute Gasteiger partial charge is 0.446 e. The first-order valence-corrected chi connectivity index (χ1v) is 9.04. The lowest BCUT2D eigenvalue weighted by Gasteiger charge is -2.40. The molecule has 1 atom stereocenters. The molecule has 0 spiro atoms. The fourth-order valence-electron chi connectivity index (χ4n) is 3.44. The molecule has 156 valence electrons. The van der Waals surface area contributed by atoms with Crippen LogP contribution in [-0.2, 0) is 15.7 Å². The number of alkyl halides is 3. The number of aromatic amines is 1. The Balaban J connectivity index is 2.14. The van der Waals surface area contributed by atoms with Gasteiger partial charge >= 0.3 is 12.3 Å². The lowest BCUT2D eigenvalue weighted by Crippen LogP contribution is -2.51. The summed E-state index contributed by atoms with van der Waals surface area (Å²) in [5, 5.41) is 5.54. The number of carbonyl (C=O) groups is 2. The molecule has 0 saturated heterocycles. The van der Waals surface area contributed by atoms with Crippen molar-refractivity contribution in [1.29, 1.82) is 0 Å². The average Bonchev–Trinajstić information content (AvgIpc) is 3.09. The van der Waals surface area contributed by atoms with E-state index in [0.717, 1.165) is 6.20 Å². The smallest absolute Gasteiger partial charge is 0.435 e. The first-order valence-electron chi connectivity index (χ1n) is 9.04. The van der Waals surface area contributed by atoms with Gasteiger partial charge in [-0.05, 0) is 38.5 Å². The Bertz CT molecular complexity index is 939. The Morgan fingerprint density at radius 3 is 2.55 bits per heavy atom. The number of fused-ring (bicyclic) bond motifs is 1. The van der Waals surface area contributed by atoms with Gasteiger partial charge in [-0.2, -0.15) is 18.3 Å². The highest BCUT2D eigenvalue weighted by molar-refractivity contribution is 6.03. The zero-order valence-corrected chi connectivity index (χ0v) is 16.4. The third kappa shape index (κ3) is 3.92. The molecule has 1 aromatic carbocycles. The quantitative estimate of drug-likeness (QED) is 0.805. The van der Waals surface area contributed by atoms with Crippen molar-refractivity contribution in [3.63, 3.8) is 0 Å². The Hall–Kier alpha value is -3.04. The zero-order chi connectivity index (χ0) is 21.5. The number of amides is 2. The van der Waals surface area contributed by atoms with Crippen molar-refractivity contribution in [2.24, 2.45) is 0 Å². The maximum Gasteiger partial charge on any atom is 0.435 e. The van der Waals surface area contributed by atoms with Crippen LogP contribution in [0.3, 0.4) is 0 Å². The molecule has 0 fully saturated rings. The second kappa shape index (κ2) is 7.41. The van der Waals surface area contributed by atoms with Crippen LogP contribution >= 0.6 is 0 Å². The van der Waals surface area contributed by atoms with Crippen molar-refractivity contribution in [3.05, 3.63) is 30.1 Å². The monoisotopic (exact) mass is 410 g/mol. The number of H-pyrrole nitrogens is 1. The molecular formula is C19H21F3N4O3. The van der Waals surface area contributed by atoms with Crippen LogP contribution in [0.5, 0.6) is 0 Å². The van der Waals surface area contributed by atoms with Crippen LogP contribution in [-0.4, -0.2) is 40.9 Å². The van der Waals surface area contributed by atoms with Crippen LogP contribution in [0.4, 0.5) is 29.3 Å². The number of rotatable bonds is 2. The van der Waals surface area contributed by atoms with Gasteiger partial charge in [0, 0.05) is 25.2 Å². The number of ether oxygens (including phenoxy) is 1. The summed E-state index contributed by atoms with van der Waals surface area (Å²) >= 11 is 0. The van der Waals surface area contributed by atoms with Crippen molar-refractivity contribution in [1.82, 2.24) is 10.2 Å². The maximum atomic E-state index is 13.3. The number of hydrogen-bond donors (Lipinski definition) is 1. The predicted octanol–water partition coefficient (Wildman–Crippen LogP) is 4.20. The first kappa shape index (κ1) is 20.7. The van der Waals surface area contributed by atoms with E-state index in [1.165, 1.54) is 34.9 Å². The normalized spacial score (nSPS) is 16.8. The van der Waals surface area contributed by atoms with Gasteiger partial charge in [0.1, 0.15) is 0 Å². The van der Waals surface area contributed by atoms with E-state index in [-0.39, 0.29) is 35.7 Å². The summed E-state index contributed by atoms with van der Waals surface area (Å²) < 4.78 is 45.0. The standard InChI is InChI=1S/C19H21F3N4O3/c1-10(2)29-18(28)25-9-11(3)26(12(4)27)15-6-5-13(7-16(15)25)14-8-23-24-17(14)19(20,21)22/h5-8,10-11H,9H2,1-4H3,(H,23,24)/t11-/m0/s1. The summed E-state index contributed by atoms with van der Waals surface area (Å²) in [7, 11) is 0. The molecule has 0 bridgehead atoms. The predicted molar refractivity (Wildman–Crippen MR) is 101 cm³/mol. The summed E-state index contributed by atoms with van der Waals surface area (Å²) in [4.78, 5) is 27.6. The number of anilines is 2. The van der Waals surface area contributed by atoms with Gasteiger partial charge in [0.25, 0.3) is 0 Å². The van der Waals surface area contributed by atoms with Gasteiger partial charge in [-0.15, -0.1) is 0 Å². The lowest BCUT2D eigenvalue weighted by molar-refractivity contribution is -0.140. The second-order valence-electron chi connectivity index (χ2n) is 7.13. The summed E-state index contributed by atoms with van der Waals surface area (Å²) in [5.41, 5.74) is -0.259. The average molecular weight is 410 g/mol. The number of benzene rings is 1. The van der Waals surface area contributed by atoms with Crippen molar-refractivity contribution < 1.29 is 27.5 Å². The number of aromatic nitrogens is 2. The Morgan fingerprint density at radius 1 is 1.28 bits per heavy atom. The first-order chi connectivity index (χ1) is 13.5. The van der Waals surface area contributed by atoms with Gasteiger partial charge in [0.05, 0.1) is 23.5 Å². The summed E-state index contributed by atoms with van der Waals surface area (Å²) in [5.74, 6) is -0.234. The number of nitrogens with one attached hydrogen (secondary N) is 1. The summed E-state index contributed by atoms with van der Waals surface area (Å²) in [6, 6.07) is 4.12. The van der Waals surface area contributed by atoms with E-state index >= 15 is 0 Å². The fourth-order valence-corrected chi connectivity index (χ4v) is 3.44. The summed E-state index contributed by atoms with van der Waals surface area (Å²) in [6.45, 7) is 6.73. The van der Waals surface area contributed by atoms with Gasteiger partial charge in [0.2, 0.25) is 5.91 Å². The number of carbonyl (C=O) groups excluding carboxylic acids is 2. The van der Waals surface area contributed by atoms with E-state index in [9.17, 15) is 22.8 Å². The molecule has 10 heteroatoms. The minimum Gasteiger partial charge on any atom is -0.446 e. The molecular weight excluding hydrogens is 389 g/mol. The van der Waals surface area contributed by atoms with Crippen LogP contribution in [0.15, 0.2) is 24.4 Å². The molecule has 29 heavy (non-hydrogen) atoms. The molecule has 1 N–H and O–H groups in total. The van der Waals surface area contributed by atoms with E-state index in [4.69, 9.17) is 4.74 Å². The minimum atomic E-state index is -4.64. The van der Waals surface area contributed by atoms with Crippen LogP contribution < -0.4 is 9.80 Å². The van der Waals surface area contributed by atoms with Gasteiger partial charge in [0.15, 0.2) is 5.69 Å². The van der Waals surface area contributed by atoms with Crippen molar-refractivity contribution >= 4 is 23.4 Å². The molecule has 2 amide bonds. The van der Waals surface area contributed by atoms with Crippen LogP contribution in [0.2, 0.25) is 0 Å². The minimum absolute atomic E-state index is 0.148. The summed E-state index contributed by atoms with van der Waals surface area (Å²) in [6.07, 6.45) is -4.49. The highest BCUT2D eigenvalue weighted by Crippen LogP contribution is 2.41. The maximum absolute atomic E-state index is 13.3. The molecule has 1 aromatic heterocycles. The van der Waals surface area contributed by atoms with E-state index < -0.39 is 18.0 Å². The van der Waals surface area contributed by atoms with Gasteiger partial charge in [-0.3, -0.25) is 14.8 Å². The SMILES string of the molecule is CC(=O)N1c2ccc(-c3c[nH]nc3C(F)(F)F)cc2N(C(=O)OC(C)C)C[C@@H]1C. The topological polar surface area (TPSA) is 78.5 Å².